The molecule has 0 radical (unpaired) electrons. The Labute approximate surface area is 109 Å². The highest BCUT2D eigenvalue weighted by Crippen LogP contribution is 2.23. The molecule has 1 aliphatic heterocycles. The smallest absolute Gasteiger partial charge is 0.309 e. The van der Waals surface area contributed by atoms with Gasteiger partial charge in [0, 0.05) is 19.6 Å². The molecule has 5 heteroatoms. The second-order valence-corrected chi connectivity index (χ2v) is 5.58. The van der Waals surface area contributed by atoms with Crippen molar-refractivity contribution in [2.24, 2.45) is 5.92 Å². The minimum atomic E-state index is -0.825. The van der Waals surface area contributed by atoms with Gasteiger partial charge in [-0.2, -0.15) is 0 Å². The predicted molar refractivity (Wildman–Crippen MR) is 69.3 cm³/mol. The Bertz CT molecular complexity index is 328. The van der Waals surface area contributed by atoms with Gasteiger partial charge in [-0.05, 0) is 27.3 Å². The quantitative estimate of drug-likeness (QED) is 0.816. The average Bonchev–Trinajstić information content (AvgIpc) is 2.38. The number of carbonyl (C=O) groups is 2. The molecule has 0 saturated carbocycles. The van der Waals surface area contributed by atoms with Crippen molar-refractivity contribution in [3.8, 4) is 0 Å². The summed E-state index contributed by atoms with van der Waals surface area (Å²) < 4.78 is 0. The fourth-order valence-corrected chi connectivity index (χ4v) is 2.21. The molecule has 1 rings (SSSR count). The van der Waals surface area contributed by atoms with E-state index in [9.17, 15) is 14.7 Å². The molecule has 1 unspecified atom stereocenters. The van der Waals surface area contributed by atoms with E-state index >= 15 is 0 Å². The topological polar surface area (TPSA) is 60.9 Å². The van der Waals surface area contributed by atoms with Crippen molar-refractivity contribution in [2.45, 2.75) is 39.2 Å². The van der Waals surface area contributed by atoms with E-state index in [1.807, 2.05) is 25.8 Å². The molecular weight excluding hydrogens is 232 g/mol. The van der Waals surface area contributed by atoms with Crippen molar-refractivity contribution >= 4 is 11.9 Å². The van der Waals surface area contributed by atoms with Gasteiger partial charge in [-0.15, -0.1) is 0 Å². The maximum absolute atomic E-state index is 12.4. The molecule has 1 N–H and O–H groups in total. The summed E-state index contributed by atoms with van der Waals surface area (Å²) >= 11 is 0. The standard InChI is InChI=1S/C13H24N2O3/c1-5-6-7-15-9-10(11(16)17)8-14(4)13(2,3)12(15)18/h10H,5-9H2,1-4H3,(H,16,17). The maximum Gasteiger partial charge on any atom is 0.309 e. The number of carboxylic acids is 1. The van der Waals surface area contributed by atoms with Gasteiger partial charge in [0.1, 0.15) is 0 Å². The summed E-state index contributed by atoms with van der Waals surface area (Å²) in [5, 5.41) is 9.22. The molecule has 1 saturated heterocycles. The van der Waals surface area contributed by atoms with Gasteiger partial charge in [0.15, 0.2) is 0 Å². The van der Waals surface area contributed by atoms with E-state index in [1.54, 1.807) is 4.90 Å². The van der Waals surface area contributed by atoms with Crippen molar-refractivity contribution in [1.82, 2.24) is 9.80 Å². The molecule has 1 fully saturated rings. The maximum atomic E-state index is 12.4. The second kappa shape index (κ2) is 5.69. The highest BCUT2D eigenvalue weighted by Gasteiger charge is 2.41. The number of nitrogens with zero attached hydrogens (tertiary/aromatic N) is 2. The zero-order chi connectivity index (χ0) is 13.9. The lowest BCUT2D eigenvalue weighted by Crippen LogP contribution is -2.52. The first-order valence-electron chi connectivity index (χ1n) is 6.54. The van der Waals surface area contributed by atoms with Crippen LogP contribution in [0.4, 0.5) is 0 Å². The zero-order valence-corrected chi connectivity index (χ0v) is 11.8. The molecular formula is C13H24N2O3. The number of carboxylic acid groups (broad SMARTS) is 1. The van der Waals surface area contributed by atoms with Crippen LogP contribution in [-0.4, -0.2) is 59.0 Å². The largest absolute Gasteiger partial charge is 0.481 e. The number of likely N-dealkylation sites (N-methyl/N-ethyl adjacent to an activating group) is 1. The predicted octanol–water partition coefficient (Wildman–Crippen LogP) is 1.04. The molecule has 1 aliphatic rings. The molecule has 1 amide bonds. The number of carbonyl (C=O) groups excluding carboxylic acids is 1. The van der Waals surface area contributed by atoms with Gasteiger partial charge < -0.3 is 10.0 Å². The number of hydrogen-bond donors (Lipinski definition) is 1. The Hall–Kier alpha value is -1.10. The Balaban J connectivity index is 2.94. The SMILES string of the molecule is CCCCN1CC(C(=O)O)CN(C)C(C)(C)C1=O. The van der Waals surface area contributed by atoms with Crippen molar-refractivity contribution in [1.29, 1.82) is 0 Å². The monoisotopic (exact) mass is 256 g/mol. The molecule has 0 aliphatic carbocycles. The Morgan fingerprint density at radius 1 is 1.44 bits per heavy atom. The molecule has 1 heterocycles. The van der Waals surface area contributed by atoms with Crippen molar-refractivity contribution in [2.75, 3.05) is 26.7 Å². The fraction of sp³-hybridized carbons (Fsp3) is 0.846. The van der Waals surface area contributed by atoms with E-state index in [-0.39, 0.29) is 5.91 Å². The van der Waals surface area contributed by atoms with E-state index in [4.69, 9.17) is 0 Å². The lowest BCUT2D eigenvalue weighted by molar-refractivity contribution is -0.142. The summed E-state index contributed by atoms with van der Waals surface area (Å²) in [5.41, 5.74) is -0.627. The number of aliphatic carboxylic acids is 1. The molecule has 0 aromatic carbocycles. The van der Waals surface area contributed by atoms with Crippen LogP contribution in [0.1, 0.15) is 33.6 Å². The van der Waals surface area contributed by atoms with Gasteiger partial charge in [-0.3, -0.25) is 14.5 Å². The van der Waals surface area contributed by atoms with Crippen molar-refractivity contribution in [3.05, 3.63) is 0 Å². The van der Waals surface area contributed by atoms with Gasteiger partial charge in [0.2, 0.25) is 5.91 Å². The summed E-state index contributed by atoms with van der Waals surface area (Å²) in [6.07, 6.45) is 1.91. The highest BCUT2D eigenvalue weighted by atomic mass is 16.4. The van der Waals surface area contributed by atoms with Crippen LogP contribution in [0.5, 0.6) is 0 Å². The summed E-state index contributed by atoms with van der Waals surface area (Å²) in [5.74, 6) is -1.30. The third-order valence-corrected chi connectivity index (χ3v) is 3.83. The van der Waals surface area contributed by atoms with E-state index in [2.05, 4.69) is 6.92 Å². The first-order valence-corrected chi connectivity index (χ1v) is 6.54. The first-order chi connectivity index (χ1) is 8.30. The third-order valence-electron chi connectivity index (χ3n) is 3.83. The summed E-state index contributed by atoms with van der Waals surface area (Å²) in [6.45, 7) is 7.17. The summed E-state index contributed by atoms with van der Waals surface area (Å²) in [4.78, 5) is 27.2. The molecule has 1 atom stereocenters. The zero-order valence-electron chi connectivity index (χ0n) is 11.8. The molecule has 104 valence electrons. The second-order valence-electron chi connectivity index (χ2n) is 5.58. The van der Waals surface area contributed by atoms with Crippen molar-refractivity contribution < 1.29 is 14.7 Å². The first kappa shape index (κ1) is 15.0. The average molecular weight is 256 g/mol. The number of rotatable bonds is 4. The highest BCUT2D eigenvalue weighted by molar-refractivity contribution is 5.86. The normalized spacial score (nSPS) is 25.0. The van der Waals surface area contributed by atoms with Crippen LogP contribution in [0.2, 0.25) is 0 Å². The van der Waals surface area contributed by atoms with E-state index in [0.29, 0.717) is 19.6 Å². The van der Waals surface area contributed by atoms with Gasteiger partial charge in [0.25, 0.3) is 0 Å². The molecule has 0 spiro atoms. The Kier molecular flexibility index (Phi) is 4.73. The van der Waals surface area contributed by atoms with Crippen LogP contribution in [0.15, 0.2) is 0 Å². The molecule has 18 heavy (non-hydrogen) atoms. The van der Waals surface area contributed by atoms with E-state index in [0.717, 1.165) is 12.8 Å². The van der Waals surface area contributed by atoms with E-state index < -0.39 is 17.4 Å². The lowest BCUT2D eigenvalue weighted by Gasteiger charge is -2.34. The molecule has 5 nitrogen and oxygen atoms in total. The minimum Gasteiger partial charge on any atom is -0.481 e. The summed E-state index contributed by atoms with van der Waals surface area (Å²) in [7, 11) is 1.82. The van der Waals surface area contributed by atoms with Gasteiger partial charge in [-0.1, -0.05) is 13.3 Å². The van der Waals surface area contributed by atoms with Crippen LogP contribution < -0.4 is 0 Å². The minimum absolute atomic E-state index is 0.0298. The molecule has 0 bridgehead atoms. The number of amides is 1. The van der Waals surface area contributed by atoms with Crippen LogP contribution in [-0.2, 0) is 9.59 Å². The van der Waals surface area contributed by atoms with Crippen LogP contribution in [0, 0.1) is 5.92 Å². The number of hydrogen-bond acceptors (Lipinski definition) is 3. The van der Waals surface area contributed by atoms with Crippen LogP contribution in [0.25, 0.3) is 0 Å². The summed E-state index contributed by atoms with van der Waals surface area (Å²) in [6, 6.07) is 0. The van der Waals surface area contributed by atoms with E-state index in [1.165, 1.54) is 0 Å². The fourth-order valence-electron chi connectivity index (χ4n) is 2.21. The third kappa shape index (κ3) is 3.02. The lowest BCUT2D eigenvalue weighted by atomic mass is 10.0. The molecule has 0 aromatic rings. The van der Waals surface area contributed by atoms with Crippen LogP contribution in [0.3, 0.4) is 0 Å². The Morgan fingerprint density at radius 2 is 2.06 bits per heavy atom. The Morgan fingerprint density at radius 3 is 2.56 bits per heavy atom. The van der Waals surface area contributed by atoms with Crippen LogP contribution >= 0.6 is 0 Å². The van der Waals surface area contributed by atoms with Gasteiger partial charge in [-0.25, -0.2) is 0 Å². The van der Waals surface area contributed by atoms with Gasteiger partial charge >= 0.3 is 5.97 Å². The number of unbranched alkanes of at least 4 members (excludes halogenated alkanes) is 1. The molecule has 0 aromatic heterocycles. The van der Waals surface area contributed by atoms with Crippen molar-refractivity contribution in [3.63, 3.8) is 0 Å². The van der Waals surface area contributed by atoms with Gasteiger partial charge in [0.05, 0.1) is 11.5 Å².